The molecule has 4 aromatic carbocycles. The highest BCUT2D eigenvalue weighted by atomic mass is 35.5. The number of nitrogens with zero attached hydrogens (tertiary/aromatic N) is 2. The molecule has 1 atom stereocenters. The maximum atomic E-state index is 14.0. The SMILES string of the molecule is O=c1/c(=C/c2cccc3ccccc23)sc2n1[C@H](c1ccccc1Cl)C1=C(N=2)c2ccccc2CC1. The topological polar surface area (TPSA) is 34.4 Å². The van der Waals surface area contributed by atoms with Crippen LogP contribution in [0.1, 0.15) is 34.7 Å². The van der Waals surface area contributed by atoms with Crippen molar-refractivity contribution in [3.63, 3.8) is 0 Å². The van der Waals surface area contributed by atoms with Crippen molar-refractivity contribution in [1.29, 1.82) is 0 Å². The average molecular weight is 505 g/mol. The first-order valence-corrected chi connectivity index (χ1v) is 13.2. The molecule has 7 rings (SSSR count). The molecule has 1 aliphatic heterocycles. The highest BCUT2D eigenvalue weighted by Gasteiger charge is 2.33. The number of fused-ring (bicyclic) bond motifs is 4. The van der Waals surface area contributed by atoms with E-state index in [0.29, 0.717) is 14.4 Å². The lowest BCUT2D eigenvalue weighted by molar-refractivity contribution is 0.585. The van der Waals surface area contributed by atoms with Crippen molar-refractivity contribution < 1.29 is 0 Å². The Bertz CT molecular complexity index is 1890. The smallest absolute Gasteiger partial charge is 0.271 e. The molecule has 0 fully saturated rings. The van der Waals surface area contributed by atoms with Crippen molar-refractivity contribution in [2.45, 2.75) is 18.9 Å². The van der Waals surface area contributed by atoms with Gasteiger partial charge in [-0.2, -0.15) is 0 Å². The van der Waals surface area contributed by atoms with Crippen LogP contribution < -0.4 is 14.9 Å². The predicted molar refractivity (Wildman–Crippen MR) is 148 cm³/mol. The molecule has 0 saturated heterocycles. The van der Waals surface area contributed by atoms with E-state index in [-0.39, 0.29) is 11.6 Å². The number of halogens is 1. The lowest BCUT2D eigenvalue weighted by Gasteiger charge is -2.31. The van der Waals surface area contributed by atoms with Crippen LogP contribution >= 0.6 is 22.9 Å². The van der Waals surface area contributed by atoms with Crippen LogP contribution in [-0.4, -0.2) is 4.57 Å². The van der Waals surface area contributed by atoms with Gasteiger partial charge in [-0.1, -0.05) is 108 Å². The molecule has 1 aromatic heterocycles. The summed E-state index contributed by atoms with van der Waals surface area (Å²) in [6.07, 6.45) is 3.78. The molecule has 0 radical (unpaired) electrons. The van der Waals surface area contributed by atoms with E-state index in [1.807, 2.05) is 53.1 Å². The van der Waals surface area contributed by atoms with Gasteiger partial charge in [0.2, 0.25) is 0 Å². The van der Waals surface area contributed by atoms with Crippen molar-refractivity contribution >= 4 is 45.5 Å². The predicted octanol–water partition coefficient (Wildman–Crippen LogP) is 6.13. The zero-order valence-corrected chi connectivity index (χ0v) is 20.9. The number of rotatable bonds is 2. The highest BCUT2D eigenvalue weighted by molar-refractivity contribution is 7.07. The summed E-state index contributed by atoms with van der Waals surface area (Å²) >= 11 is 8.19. The summed E-state index contributed by atoms with van der Waals surface area (Å²) < 4.78 is 2.53. The molecular formula is C31H21ClN2OS. The molecule has 5 heteroatoms. The molecule has 0 unspecified atom stereocenters. The van der Waals surface area contributed by atoms with Crippen molar-refractivity contribution in [3.8, 4) is 0 Å². The number of hydrogen-bond donors (Lipinski definition) is 0. The second-order valence-corrected chi connectivity index (χ2v) is 10.6. The van der Waals surface area contributed by atoms with Gasteiger partial charge in [-0.05, 0) is 58.0 Å². The van der Waals surface area contributed by atoms with Gasteiger partial charge in [0, 0.05) is 10.6 Å². The van der Waals surface area contributed by atoms with Crippen molar-refractivity contribution in [2.75, 3.05) is 0 Å². The summed E-state index contributed by atoms with van der Waals surface area (Å²) in [5, 5.41) is 2.94. The van der Waals surface area contributed by atoms with Crippen molar-refractivity contribution in [3.05, 3.63) is 144 Å². The first-order chi connectivity index (χ1) is 17.7. The van der Waals surface area contributed by atoms with Gasteiger partial charge in [-0.15, -0.1) is 0 Å². The molecule has 1 aliphatic carbocycles. The summed E-state index contributed by atoms with van der Waals surface area (Å²) in [4.78, 5) is 19.8. The first kappa shape index (κ1) is 21.5. The minimum absolute atomic E-state index is 0.0259. The molecule has 0 N–H and O–H groups in total. The van der Waals surface area contributed by atoms with Crippen LogP contribution in [0, 0.1) is 0 Å². The Balaban J connectivity index is 1.52. The lowest BCUT2D eigenvalue weighted by atomic mass is 9.83. The fourth-order valence-corrected chi connectivity index (χ4v) is 6.74. The third-order valence-corrected chi connectivity index (χ3v) is 8.51. The minimum Gasteiger partial charge on any atom is -0.272 e. The van der Waals surface area contributed by atoms with Crippen LogP contribution in [-0.2, 0) is 6.42 Å². The molecule has 0 amide bonds. The normalized spacial score (nSPS) is 16.9. The number of benzene rings is 4. The van der Waals surface area contributed by atoms with E-state index in [4.69, 9.17) is 16.6 Å². The zero-order chi connectivity index (χ0) is 24.2. The van der Waals surface area contributed by atoms with Gasteiger partial charge in [-0.25, -0.2) is 4.99 Å². The van der Waals surface area contributed by atoms with E-state index in [2.05, 4.69) is 48.5 Å². The van der Waals surface area contributed by atoms with Gasteiger partial charge in [0.15, 0.2) is 4.80 Å². The number of hydrogen-bond acceptors (Lipinski definition) is 3. The standard InChI is InChI=1S/C31H21ClN2OS/c32-26-15-6-5-14-24(26)29-25-17-16-20-9-2-4-13-23(20)28(25)33-31-34(29)30(35)27(36-31)18-21-11-7-10-19-8-1-3-12-22(19)21/h1-15,18,29H,16-17H2/b27-18-/t29-/m1/s1. The van der Waals surface area contributed by atoms with Crippen LogP contribution in [0.5, 0.6) is 0 Å². The molecule has 2 aliphatic rings. The van der Waals surface area contributed by atoms with Gasteiger partial charge in [0.05, 0.1) is 16.3 Å². The van der Waals surface area contributed by atoms with Crippen LogP contribution in [0.25, 0.3) is 22.5 Å². The Hall–Kier alpha value is -3.73. The maximum Gasteiger partial charge on any atom is 0.271 e. The van der Waals surface area contributed by atoms with Crippen molar-refractivity contribution in [1.82, 2.24) is 4.57 Å². The van der Waals surface area contributed by atoms with E-state index >= 15 is 0 Å². The number of aromatic nitrogens is 1. The Morgan fingerprint density at radius 2 is 1.67 bits per heavy atom. The largest absolute Gasteiger partial charge is 0.272 e. The summed E-state index contributed by atoms with van der Waals surface area (Å²) in [6.45, 7) is 0. The molecular weight excluding hydrogens is 484 g/mol. The number of thiazole rings is 1. The summed E-state index contributed by atoms with van der Waals surface area (Å²) in [5.41, 5.74) is 6.54. The Morgan fingerprint density at radius 3 is 2.58 bits per heavy atom. The third-order valence-electron chi connectivity index (χ3n) is 7.18. The van der Waals surface area contributed by atoms with Gasteiger partial charge in [0.1, 0.15) is 0 Å². The van der Waals surface area contributed by atoms with Crippen LogP contribution in [0.3, 0.4) is 0 Å². The van der Waals surface area contributed by atoms with E-state index in [1.165, 1.54) is 16.9 Å². The van der Waals surface area contributed by atoms with E-state index in [1.54, 1.807) is 0 Å². The third kappa shape index (κ3) is 3.33. The van der Waals surface area contributed by atoms with Gasteiger partial charge >= 0.3 is 0 Å². The van der Waals surface area contributed by atoms with Gasteiger partial charge in [-0.3, -0.25) is 9.36 Å². The Morgan fingerprint density at radius 1 is 0.889 bits per heavy atom. The monoisotopic (exact) mass is 504 g/mol. The molecule has 3 nitrogen and oxygen atoms in total. The van der Waals surface area contributed by atoms with Gasteiger partial charge in [0.25, 0.3) is 5.56 Å². The van der Waals surface area contributed by atoms with Gasteiger partial charge < -0.3 is 0 Å². The Labute approximate surface area is 217 Å². The molecule has 36 heavy (non-hydrogen) atoms. The van der Waals surface area contributed by atoms with Crippen LogP contribution in [0.15, 0.2) is 106 Å². The van der Waals surface area contributed by atoms with Crippen LogP contribution in [0.4, 0.5) is 0 Å². The maximum absolute atomic E-state index is 14.0. The molecule has 5 aromatic rings. The average Bonchev–Trinajstić information content (AvgIpc) is 3.22. The molecule has 0 saturated carbocycles. The Kier molecular flexibility index (Phi) is 5.05. The second kappa shape index (κ2) is 8.44. The highest BCUT2D eigenvalue weighted by Crippen LogP contribution is 2.42. The quantitative estimate of drug-likeness (QED) is 0.285. The first-order valence-electron chi connectivity index (χ1n) is 12.0. The molecule has 2 heterocycles. The summed E-state index contributed by atoms with van der Waals surface area (Å²) in [6, 6.07) is 30.5. The fraction of sp³-hybridized carbons (Fsp3) is 0.0968. The van der Waals surface area contributed by atoms with Crippen LogP contribution in [0.2, 0.25) is 5.02 Å². The number of aryl methyl sites for hydroxylation is 1. The summed E-state index contributed by atoms with van der Waals surface area (Å²) in [5.74, 6) is 0. The van der Waals surface area contributed by atoms with Crippen molar-refractivity contribution in [2.24, 2.45) is 4.99 Å². The number of allylic oxidation sites excluding steroid dienone is 1. The minimum atomic E-state index is -0.270. The summed E-state index contributed by atoms with van der Waals surface area (Å²) in [7, 11) is 0. The molecule has 174 valence electrons. The lowest BCUT2D eigenvalue weighted by Crippen LogP contribution is -2.38. The fourth-order valence-electron chi connectivity index (χ4n) is 5.51. The van der Waals surface area contributed by atoms with E-state index in [0.717, 1.165) is 51.6 Å². The molecule has 0 spiro atoms. The van der Waals surface area contributed by atoms with E-state index in [9.17, 15) is 4.79 Å². The second-order valence-electron chi connectivity index (χ2n) is 9.20. The molecule has 0 bridgehead atoms. The zero-order valence-electron chi connectivity index (χ0n) is 19.3. The van der Waals surface area contributed by atoms with E-state index < -0.39 is 0 Å².